The van der Waals surface area contributed by atoms with E-state index in [0.717, 1.165) is 16.4 Å². The van der Waals surface area contributed by atoms with Crippen LogP contribution in [0.5, 0.6) is 0 Å². The first-order chi connectivity index (χ1) is 8.33. The molecule has 1 heterocycles. The second kappa shape index (κ2) is 6.68. The van der Waals surface area contributed by atoms with Gasteiger partial charge in [-0.25, -0.2) is 0 Å². The minimum atomic E-state index is -0.168. The third kappa shape index (κ3) is 3.64. The molecule has 0 radical (unpaired) electrons. The van der Waals surface area contributed by atoms with Crippen LogP contribution in [0.1, 0.15) is 12.0 Å². The van der Waals surface area contributed by atoms with Gasteiger partial charge in [0.05, 0.1) is 25.4 Å². The van der Waals surface area contributed by atoms with E-state index in [4.69, 9.17) is 9.47 Å². The number of halogens is 1. The van der Waals surface area contributed by atoms with Gasteiger partial charge in [0.1, 0.15) is 6.10 Å². The van der Waals surface area contributed by atoms with E-state index >= 15 is 0 Å². The SMILES string of the molecule is OC[C@H]1O[C@H](CI)C[C@H]1OCc1ccccc1. The molecule has 1 aliphatic rings. The summed E-state index contributed by atoms with van der Waals surface area (Å²) in [6.07, 6.45) is 0.938. The number of aliphatic hydroxyl groups excluding tert-OH is 1. The van der Waals surface area contributed by atoms with E-state index < -0.39 is 0 Å². The Morgan fingerprint density at radius 1 is 1.35 bits per heavy atom. The average Bonchev–Trinajstić information content (AvgIpc) is 2.80. The fraction of sp³-hybridized carbons (Fsp3) is 0.538. The number of hydrogen-bond acceptors (Lipinski definition) is 3. The molecule has 0 bridgehead atoms. The van der Waals surface area contributed by atoms with Gasteiger partial charge in [-0.1, -0.05) is 52.9 Å². The molecule has 17 heavy (non-hydrogen) atoms. The number of benzene rings is 1. The molecule has 4 heteroatoms. The van der Waals surface area contributed by atoms with Crippen molar-refractivity contribution in [1.82, 2.24) is 0 Å². The van der Waals surface area contributed by atoms with E-state index in [0.29, 0.717) is 6.61 Å². The molecule has 1 N–H and O–H groups in total. The molecule has 3 atom stereocenters. The second-order valence-electron chi connectivity index (χ2n) is 4.20. The lowest BCUT2D eigenvalue weighted by molar-refractivity contribution is -0.0486. The van der Waals surface area contributed by atoms with Crippen molar-refractivity contribution in [2.24, 2.45) is 0 Å². The maximum Gasteiger partial charge on any atom is 0.107 e. The molecule has 1 fully saturated rings. The zero-order chi connectivity index (χ0) is 12.1. The smallest absolute Gasteiger partial charge is 0.107 e. The Morgan fingerprint density at radius 3 is 2.76 bits per heavy atom. The van der Waals surface area contributed by atoms with E-state index in [-0.39, 0.29) is 24.9 Å². The Kier molecular flexibility index (Phi) is 5.21. The maximum atomic E-state index is 9.24. The van der Waals surface area contributed by atoms with Crippen molar-refractivity contribution >= 4 is 22.6 Å². The van der Waals surface area contributed by atoms with Crippen LogP contribution in [0.3, 0.4) is 0 Å². The lowest BCUT2D eigenvalue weighted by Gasteiger charge is -2.16. The highest BCUT2D eigenvalue weighted by Gasteiger charge is 2.34. The zero-order valence-corrected chi connectivity index (χ0v) is 11.7. The maximum absolute atomic E-state index is 9.24. The minimum Gasteiger partial charge on any atom is -0.394 e. The summed E-state index contributed by atoms with van der Waals surface area (Å²) in [5.74, 6) is 0. The summed E-state index contributed by atoms with van der Waals surface area (Å²) in [6.45, 7) is 0.617. The predicted molar refractivity (Wildman–Crippen MR) is 74.3 cm³/mol. The summed E-state index contributed by atoms with van der Waals surface area (Å²) in [7, 11) is 0. The van der Waals surface area contributed by atoms with Crippen molar-refractivity contribution in [2.75, 3.05) is 11.0 Å². The van der Waals surface area contributed by atoms with Gasteiger partial charge in [-0.3, -0.25) is 0 Å². The van der Waals surface area contributed by atoms with Gasteiger partial charge in [-0.15, -0.1) is 0 Å². The van der Waals surface area contributed by atoms with Crippen LogP contribution < -0.4 is 0 Å². The highest BCUT2D eigenvalue weighted by molar-refractivity contribution is 14.1. The molecule has 3 nitrogen and oxygen atoms in total. The molecule has 0 unspecified atom stereocenters. The summed E-state index contributed by atoms with van der Waals surface area (Å²) in [4.78, 5) is 0. The van der Waals surface area contributed by atoms with Crippen molar-refractivity contribution in [2.45, 2.75) is 31.3 Å². The van der Waals surface area contributed by atoms with Crippen molar-refractivity contribution in [3.63, 3.8) is 0 Å². The molecule has 1 aliphatic heterocycles. The Labute approximate surface area is 115 Å². The molecule has 0 spiro atoms. The van der Waals surface area contributed by atoms with E-state index in [1.54, 1.807) is 0 Å². The fourth-order valence-electron chi connectivity index (χ4n) is 2.01. The van der Waals surface area contributed by atoms with Crippen LogP contribution in [0.15, 0.2) is 30.3 Å². The standard InChI is InChI=1S/C13H17IO3/c14-7-11-6-12(13(8-15)17-11)16-9-10-4-2-1-3-5-10/h1-5,11-13,15H,6-9H2/t11-,12+,13+/m0/s1. The summed E-state index contributed by atoms with van der Waals surface area (Å²) in [5.41, 5.74) is 1.15. The van der Waals surface area contributed by atoms with Crippen molar-refractivity contribution in [1.29, 1.82) is 0 Å². The van der Waals surface area contributed by atoms with Gasteiger partial charge < -0.3 is 14.6 Å². The first-order valence-electron chi connectivity index (χ1n) is 5.81. The van der Waals surface area contributed by atoms with Crippen LogP contribution in [-0.4, -0.2) is 34.5 Å². The minimum absolute atomic E-state index is 0.0139. The highest BCUT2D eigenvalue weighted by atomic mass is 127. The molecule has 1 saturated heterocycles. The molecule has 1 aromatic rings. The number of hydrogen-bond donors (Lipinski definition) is 1. The van der Waals surface area contributed by atoms with Gasteiger partial charge in [-0.2, -0.15) is 0 Å². The monoisotopic (exact) mass is 348 g/mol. The predicted octanol–water partition coefficient (Wildman–Crippen LogP) is 2.16. The van der Waals surface area contributed by atoms with Gasteiger partial charge in [0.25, 0.3) is 0 Å². The first kappa shape index (κ1) is 13.3. The summed E-state index contributed by atoms with van der Waals surface area (Å²) >= 11 is 2.30. The molecule has 1 aromatic carbocycles. The Morgan fingerprint density at radius 2 is 2.12 bits per heavy atom. The lowest BCUT2D eigenvalue weighted by Crippen LogP contribution is -2.27. The zero-order valence-electron chi connectivity index (χ0n) is 9.59. The van der Waals surface area contributed by atoms with Crippen molar-refractivity contribution in [3.05, 3.63) is 35.9 Å². The van der Waals surface area contributed by atoms with Crippen molar-refractivity contribution < 1.29 is 14.6 Å². The summed E-state index contributed by atoms with van der Waals surface area (Å²) < 4.78 is 12.5. The van der Waals surface area contributed by atoms with E-state index in [1.165, 1.54) is 0 Å². The van der Waals surface area contributed by atoms with E-state index in [9.17, 15) is 5.11 Å². The van der Waals surface area contributed by atoms with Gasteiger partial charge in [0.2, 0.25) is 0 Å². The first-order valence-corrected chi connectivity index (χ1v) is 7.34. The van der Waals surface area contributed by atoms with E-state index in [1.807, 2.05) is 30.3 Å². The molecule has 0 saturated carbocycles. The Hall–Kier alpha value is -0.170. The summed E-state index contributed by atoms with van der Waals surface area (Å²) in [5, 5.41) is 9.24. The third-order valence-corrected chi connectivity index (χ3v) is 3.92. The van der Waals surface area contributed by atoms with Crippen LogP contribution in [0.2, 0.25) is 0 Å². The second-order valence-corrected chi connectivity index (χ2v) is 5.08. The number of alkyl halides is 1. The molecule has 0 aromatic heterocycles. The van der Waals surface area contributed by atoms with Gasteiger partial charge in [0.15, 0.2) is 0 Å². The largest absolute Gasteiger partial charge is 0.394 e. The molecule has 94 valence electrons. The number of aliphatic hydroxyl groups is 1. The molecular formula is C13H17IO3. The average molecular weight is 348 g/mol. The topological polar surface area (TPSA) is 38.7 Å². The molecular weight excluding hydrogens is 331 g/mol. The Balaban J connectivity index is 1.86. The molecule has 0 aliphatic carbocycles. The molecule has 2 rings (SSSR count). The molecule has 0 amide bonds. The van der Waals surface area contributed by atoms with Crippen LogP contribution in [0, 0.1) is 0 Å². The highest BCUT2D eigenvalue weighted by Crippen LogP contribution is 2.25. The van der Waals surface area contributed by atoms with E-state index in [2.05, 4.69) is 22.6 Å². The van der Waals surface area contributed by atoms with Crippen LogP contribution in [-0.2, 0) is 16.1 Å². The van der Waals surface area contributed by atoms with Gasteiger partial charge in [0, 0.05) is 10.8 Å². The number of ether oxygens (including phenoxy) is 2. The fourth-order valence-corrected chi connectivity index (χ4v) is 2.58. The Bertz CT molecular complexity index is 331. The van der Waals surface area contributed by atoms with Crippen LogP contribution >= 0.6 is 22.6 Å². The van der Waals surface area contributed by atoms with Gasteiger partial charge in [-0.05, 0) is 5.56 Å². The van der Waals surface area contributed by atoms with Crippen LogP contribution in [0.4, 0.5) is 0 Å². The quantitative estimate of drug-likeness (QED) is 0.655. The van der Waals surface area contributed by atoms with Gasteiger partial charge >= 0.3 is 0 Å². The lowest BCUT2D eigenvalue weighted by atomic mass is 10.1. The normalized spacial score (nSPS) is 28.5. The number of rotatable bonds is 5. The van der Waals surface area contributed by atoms with Crippen molar-refractivity contribution in [3.8, 4) is 0 Å². The third-order valence-electron chi connectivity index (χ3n) is 2.94. The van der Waals surface area contributed by atoms with Crippen LogP contribution in [0.25, 0.3) is 0 Å². The summed E-state index contributed by atoms with van der Waals surface area (Å²) in [6, 6.07) is 10.1.